The summed E-state index contributed by atoms with van der Waals surface area (Å²) in [7, 11) is 0. The van der Waals surface area contributed by atoms with E-state index < -0.39 is 0 Å². The summed E-state index contributed by atoms with van der Waals surface area (Å²) in [5.74, 6) is 0.869. The van der Waals surface area contributed by atoms with Gasteiger partial charge in [0.05, 0.1) is 16.9 Å². The molecule has 4 aromatic rings. The van der Waals surface area contributed by atoms with E-state index in [-0.39, 0.29) is 11.0 Å². The molecule has 1 spiro atoms. The zero-order valence-electron chi connectivity index (χ0n) is 20.2. The first-order valence-corrected chi connectivity index (χ1v) is 13.6. The number of fused-ring (bicyclic) bond motifs is 4. The highest BCUT2D eigenvalue weighted by molar-refractivity contribution is 7.99. The molecule has 0 amide bonds. The van der Waals surface area contributed by atoms with Gasteiger partial charge in [-0.05, 0) is 55.9 Å². The number of rotatable bonds is 5. The summed E-state index contributed by atoms with van der Waals surface area (Å²) in [5, 5.41) is 0.790. The lowest BCUT2D eigenvalue weighted by molar-refractivity contribution is 0.422. The molecule has 35 heavy (non-hydrogen) atoms. The lowest BCUT2D eigenvalue weighted by atomic mass is 9.68. The van der Waals surface area contributed by atoms with Gasteiger partial charge < -0.3 is 0 Å². The lowest BCUT2D eigenvalue weighted by Crippen LogP contribution is -2.40. The number of aryl methyl sites for hydroxylation is 2. The SMILES string of the molecule is Cc1ccc(-n2c(SCCc3ccccc3)nc3c(c2=O)C2(CCCC2)Cc2ccccc2-3)cc1. The Morgan fingerprint density at radius 1 is 0.914 bits per heavy atom. The van der Waals surface area contributed by atoms with Crippen LogP contribution in [0.15, 0.2) is 88.8 Å². The Hall–Kier alpha value is -3.11. The molecule has 0 atom stereocenters. The maximum absolute atomic E-state index is 14.4. The molecule has 0 N–H and O–H groups in total. The van der Waals surface area contributed by atoms with Crippen LogP contribution in [-0.2, 0) is 18.3 Å². The number of benzene rings is 3. The molecule has 3 nitrogen and oxygen atoms in total. The first-order valence-electron chi connectivity index (χ1n) is 12.6. The van der Waals surface area contributed by atoms with Crippen molar-refractivity contribution in [2.45, 2.75) is 56.0 Å². The summed E-state index contributed by atoms with van der Waals surface area (Å²) in [6, 6.07) is 27.4. The Bertz CT molecular complexity index is 1420. The van der Waals surface area contributed by atoms with Crippen molar-refractivity contribution in [3.8, 4) is 16.9 Å². The van der Waals surface area contributed by atoms with Gasteiger partial charge in [-0.15, -0.1) is 0 Å². The fraction of sp³-hybridized carbons (Fsp3) is 0.290. The van der Waals surface area contributed by atoms with Crippen molar-refractivity contribution < 1.29 is 0 Å². The van der Waals surface area contributed by atoms with Crippen LogP contribution in [0.25, 0.3) is 16.9 Å². The number of hydrogen-bond donors (Lipinski definition) is 0. The maximum atomic E-state index is 14.4. The summed E-state index contributed by atoms with van der Waals surface area (Å²) in [5.41, 5.74) is 7.77. The van der Waals surface area contributed by atoms with Crippen LogP contribution in [0, 0.1) is 6.92 Å². The molecule has 6 rings (SSSR count). The van der Waals surface area contributed by atoms with Gasteiger partial charge in [-0.25, -0.2) is 4.98 Å². The molecule has 0 unspecified atom stereocenters. The molecule has 4 heteroatoms. The van der Waals surface area contributed by atoms with E-state index in [1.807, 2.05) is 10.6 Å². The zero-order valence-corrected chi connectivity index (χ0v) is 21.0. The Kier molecular flexibility index (Phi) is 5.85. The van der Waals surface area contributed by atoms with Gasteiger partial charge in [-0.1, -0.05) is 96.9 Å². The van der Waals surface area contributed by atoms with Gasteiger partial charge in [0, 0.05) is 16.7 Å². The van der Waals surface area contributed by atoms with Crippen LogP contribution in [0.5, 0.6) is 0 Å². The highest BCUT2D eigenvalue weighted by Gasteiger charge is 2.44. The van der Waals surface area contributed by atoms with Crippen molar-refractivity contribution in [1.82, 2.24) is 9.55 Å². The minimum absolute atomic E-state index is 0.0898. The highest BCUT2D eigenvalue weighted by atomic mass is 32.2. The van der Waals surface area contributed by atoms with Crippen molar-refractivity contribution in [3.05, 3.63) is 111 Å². The van der Waals surface area contributed by atoms with E-state index in [1.165, 1.54) is 29.5 Å². The van der Waals surface area contributed by atoms with Gasteiger partial charge in [0.25, 0.3) is 5.56 Å². The first-order chi connectivity index (χ1) is 17.1. The quantitative estimate of drug-likeness (QED) is 0.231. The average Bonchev–Trinajstić information content (AvgIpc) is 3.34. The van der Waals surface area contributed by atoms with Crippen LogP contribution >= 0.6 is 11.8 Å². The second-order valence-electron chi connectivity index (χ2n) is 10.00. The fourth-order valence-electron chi connectivity index (χ4n) is 5.93. The van der Waals surface area contributed by atoms with Crippen LogP contribution in [0.4, 0.5) is 0 Å². The Balaban J connectivity index is 1.52. The van der Waals surface area contributed by atoms with Crippen molar-refractivity contribution in [3.63, 3.8) is 0 Å². The molecule has 1 heterocycles. The van der Waals surface area contributed by atoms with E-state index >= 15 is 0 Å². The van der Waals surface area contributed by atoms with E-state index in [0.717, 1.165) is 59.1 Å². The standard InChI is InChI=1S/C31H30N2OS/c1-22-13-15-25(16-14-22)33-29(34)27-28(32-30(33)35-20-17-23-9-3-2-4-10-23)26-12-6-5-11-24(26)21-31(27)18-7-8-19-31/h2-6,9-16H,7-8,17-21H2,1H3. The fourth-order valence-corrected chi connectivity index (χ4v) is 6.93. The van der Waals surface area contributed by atoms with Gasteiger partial charge >= 0.3 is 0 Å². The van der Waals surface area contributed by atoms with E-state index in [0.29, 0.717) is 0 Å². The number of hydrogen-bond acceptors (Lipinski definition) is 3. The molecule has 0 saturated heterocycles. The predicted octanol–water partition coefficient (Wildman–Crippen LogP) is 6.91. The predicted molar refractivity (Wildman–Crippen MR) is 145 cm³/mol. The normalized spacial score (nSPS) is 15.7. The van der Waals surface area contributed by atoms with Crippen molar-refractivity contribution in [2.75, 3.05) is 5.75 Å². The van der Waals surface area contributed by atoms with Crippen LogP contribution in [0.3, 0.4) is 0 Å². The second-order valence-corrected chi connectivity index (χ2v) is 11.1. The summed E-state index contributed by atoms with van der Waals surface area (Å²) < 4.78 is 1.89. The van der Waals surface area contributed by atoms with Gasteiger partial charge in [-0.3, -0.25) is 9.36 Å². The summed E-state index contributed by atoms with van der Waals surface area (Å²) in [4.78, 5) is 19.7. The van der Waals surface area contributed by atoms with E-state index in [2.05, 4.69) is 79.7 Å². The lowest BCUT2D eigenvalue weighted by Gasteiger charge is -2.36. The van der Waals surface area contributed by atoms with Crippen LogP contribution in [-0.4, -0.2) is 15.3 Å². The molecule has 0 radical (unpaired) electrons. The number of nitrogens with zero attached hydrogens (tertiary/aromatic N) is 2. The van der Waals surface area contributed by atoms with E-state index in [1.54, 1.807) is 11.8 Å². The van der Waals surface area contributed by atoms with Gasteiger partial charge in [0.1, 0.15) is 0 Å². The van der Waals surface area contributed by atoms with Crippen molar-refractivity contribution in [2.24, 2.45) is 0 Å². The summed E-state index contributed by atoms with van der Waals surface area (Å²) in [6.07, 6.45) is 6.38. The number of aromatic nitrogens is 2. The highest BCUT2D eigenvalue weighted by Crippen LogP contribution is 2.50. The topological polar surface area (TPSA) is 34.9 Å². The van der Waals surface area contributed by atoms with Gasteiger partial charge in [0.2, 0.25) is 0 Å². The third-order valence-electron chi connectivity index (χ3n) is 7.70. The average molecular weight is 479 g/mol. The molecular weight excluding hydrogens is 448 g/mol. The summed E-state index contributed by atoms with van der Waals surface area (Å²) >= 11 is 1.69. The maximum Gasteiger partial charge on any atom is 0.263 e. The smallest absolute Gasteiger partial charge is 0.263 e. The minimum Gasteiger partial charge on any atom is -0.268 e. The molecule has 3 aromatic carbocycles. The van der Waals surface area contributed by atoms with Crippen LogP contribution < -0.4 is 5.56 Å². The van der Waals surface area contributed by atoms with Crippen LogP contribution in [0.1, 0.15) is 47.9 Å². The molecule has 2 aliphatic carbocycles. The zero-order chi connectivity index (χ0) is 23.8. The third kappa shape index (κ3) is 4.04. The largest absolute Gasteiger partial charge is 0.268 e. The first kappa shape index (κ1) is 22.4. The molecule has 176 valence electrons. The third-order valence-corrected chi connectivity index (χ3v) is 8.64. The van der Waals surface area contributed by atoms with Gasteiger partial charge in [-0.2, -0.15) is 0 Å². The Labute approximate surface area is 211 Å². The Morgan fingerprint density at radius 3 is 2.40 bits per heavy atom. The molecule has 1 fully saturated rings. The minimum atomic E-state index is -0.0898. The van der Waals surface area contributed by atoms with Crippen LogP contribution in [0.2, 0.25) is 0 Å². The molecule has 0 bridgehead atoms. The monoisotopic (exact) mass is 478 g/mol. The molecule has 2 aliphatic rings. The van der Waals surface area contributed by atoms with E-state index in [9.17, 15) is 4.79 Å². The van der Waals surface area contributed by atoms with Gasteiger partial charge in [0.15, 0.2) is 5.16 Å². The summed E-state index contributed by atoms with van der Waals surface area (Å²) in [6.45, 7) is 2.08. The van der Waals surface area contributed by atoms with Crippen molar-refractivity contribution in [1.29, 1.82) is 0 Å². The van der Waals surface area contributed by atoms with E-state index in [4.69, 9.17) is 4.98 Å². The Morgan fingerprint density at radius 2 is 1.63 bits per heavy atom. The number of thioether (sulfide) groups is 1. The molecule has 0 aliphatic heterocycles. The molecule has 1 saturated carbocycles. The second kappa shape index (κ2) is 9.16. The molecular formula is C31H30N2OS. The van der Waals surface area contributed by atoms with Crippen molar-refractivity contribution >= 4 is 11.8 Å². The molecule has 1 aromatic heterocycles.